The predicted molar refractivity (Wildman–Crippen MR) is 135 cm³/mol. The number of amides is 2. The molecule has 0 aliphatic heterocycles. The molecule has 188 valence electrons. The minimum Gasteiger partial charge on any atom is -0.481 e. The first kappa shape index (κ1) is 26.3. The summed E-state index contributed by atoms with van der Waals surface area (Å²) in [6.45, 7) is 5.93. The van der Waals surface area contributed by atoms with Gasteiger partial charge in [0, 0.05) is 23.9 Å². The zero-order chi connectivity index (χ0) is 25.4. The van der Waals surface area contributed by atoms with Crippen molar-refractivity contribution < 1.29 is 24.2 Å². The average Bonchev–Trinajstić information content (AvgIpc) is 3.13. The van der Waals surface area contributed by atoms with Gasteiger partial charge in [0.2, 0.25) is 5.91 Å². The highest BCUT2D eigenvalue weighted by Crippen LogP contribution is 2.44. The second kappa shape index (κ2) is 11.9. The van der Waals surface area contributed by atoms with E-state index in [2.05, 4.69) is 34.9 Å². The van der Waals surface area contributed by atoms with Crippen molar-refractivity contribution in [1.82, 2.24) is 10.6 Å². The van der Waals surface area contributed by atoms with Gasteiger partial charge in [0.05, 0.1) is 6.42 Å². The van der Waals surface area contributed by atoms with Gasteiger partial charge in [-0.25, -0.2) is 4.79 Å². The van der Waals surface area contributed by atoms with Crippen LogP contribution in [0.2, 0.25) is 0 Å². The van der Waals surface area contributed by atoms with E-state index < -0.39 is 17.6 Å². The topological polar surface area (TPSA) is 105 Å². The number of aliphatic carboxylic acids is 1. The van der Waals surface area contributed by atoms with E-state index in [1.54, 1.807) is 0 Å². The van der Waals surface area contributed by atoms with Crippen molar-refractivity contribution in [2.45, 2.75) is 76.8 Å². The number of alkyl carbamates (subject to hydrolysis) is 1. The Bertz CT molecular complexity index is 1000. The van der Waals surface area contributed by atoms with Gasteiger partial charge >= 0.3 is 12.1 Å². The van der Waals surface area contributed by atoms with Gasteiger partial charge in [0.15, 0.2) is 0 Å². The quantitative estimate of drug-likeness (QED) is 0.386. The van der Waals surface area contributed by atoms with Crippen LogP contribution in [0.1, 0.15) is 76.3 Å². The van der Waals surface area contributed by atoms with E-state index in [4.69, 9.17) is 9.84 Å². The Morgan fingerprint density at radius 2 is 1.63 bits per heavy atom. The van der Waals surface area contributed by atoms with Crippen molar-refractivity contribution in [2.24, 2.45) is 0 Å². The Morgan fingerprint density at radius 1 is 1.03 bits per heavy atom. The molecule has 7 nitrogen and oxygen atoms in total. The van der Waals surface area contributed by atoms with Crippen molar-refractivity contribution in [1.29, 1.82) is 0 Å². The van der Waals surface area contributed by atoms with E-state index in [1.165, 1.54) is 11.1 Å². The van der Waals surface area contributed by atoms with E-state index in [0.717, 1.165) is 24.0 Å². The molecular formula is C28H36N2O5. The standard InChI is InChI=1S/C28H36N2O5/c1-4-5-10-19(17-26(32)33)29-25(31)15-16-28(2,3)30-27(34)35-18-24-22-13-8-6-11-20(22)21-12-7-9-14-23(21)24/h6-9,11-14,19,24H,4-5,10,15-18H2,1-3H3,(H,29,31)(H,30,34)(H,32,33)/t19-/m1/s1. The normalized spacial score (nSPS) is 13.5. The largest absolute Gasteiger partial charge is 0.481 e. The van der Waals surface area contributed by atoms with Gasteiger partial charge in [0.25, 0.3) is 0 Å². The average molecular weight is 481 g/mol. The van der Waals surface area contributed by atoms with Crippen molar-refractivity contribution in [3.63, 3.8) is 0 Å². The summed E-state index contributed by atoms with van der Waals surface area (Å²) in [6.07, 6.45) is 2.39. The third kappa shape index (κ3) is 7.31. The van der Waals surface area contributed by atoms with E-state index in [1.807, 2.05) is 45.0 Å². The lowest BCUT2D eigenvalue weighted by molar-refractivity contribution is -0.137. The number of nitrogens with one attached hydrogen (secondary N) is 2. The number of carbonyl (C=O) groups is 3. The number of rotatable bonds is 12. The first-order chi connectivity index (χ1) is 16.7. The van der Waals surface area contributed by atoms with Gasteiger partial charge in [-0.05, 0) is 48.9 Å². The Morgan fingerprint density at radius 3 is 2.20 bits per heavy atom. The maximum atomic E-state index is 12.6. The van der Waals surface area contributed by atoms with Gasteiger partial charge in [-0.3, -0.25) is 9.59 Å². The van der Waals surface area contributed by atoms with Crippen LogP contribution in [0.15, 0.2) is 48.5 Å². The predicted octanol–water partition coefficient (Wildman–Crippen LogP) is 5.23. The number of hydrogen-bond acceptors (Lipinski definition) is 4. The molecule has 1 aliphatic rings. The molecular weight excluding hydrogens is 444 g/mol. The fourth-order valence-electron chi connectivity index (χ4n) is 4.59. The van der Waals surface area contributed by atoms with Crippen molar-refractivity contribution in [2.75, 3.05) is 6.61 Å². The van der Waals surface area contributed by atoms with Crippen LogP contribution >= 0.6 is 0 Å². The van der Waals surface area contributed by atoms with Crippen LogP contribution in [0.25, 0.3) is 11.1 Å². The summed E-state index contributed by atoms with van der Waals surface area (Å²) < 4.78 is 5.62. The molecule has 2 aromatic rings. The van der Waals surface area contributed by atoms with Gasteiger partial charge in [-0.1, -0.05) is 68.3 Å². The second-order valence-electron chi connectivity index (χ2n) is 9.84. The summed E-state index contributed by atoms with van der Waals surface area (Å²) in [7, 11) is 0. The zero-order valence-corrected chi connectivity index (χ0v) is 20.8. The molecule has 3 N–H and O–H groups in total. The number of hydrogen-bond donors (Lipinski definition) is 3. The Balaban J connectivity index is 1.50. The number of ether oxygens (including phenoxy) is 1. The highest BCUT2D eigenvalue weighted by molar-refractivity contribution is 5.79. The van der Waals surface area contributed by atoms with Crippen LogP contribution in [-0.4, -0.2) is 41.3 Å². The minimum absolute atomic E-state index is 0.0173. The van der Waals surface area contributed by atoms with Gasteiger partial charge < -0.3 is 20.5 Å². The Hall–Kier alpha value is -3.35. The molecule has 7 heteroatoms. The van der Waals surface area contributed by atoms with E-state index in [-0.39, 0.29) is 37.3 Å². The molecule has 0 fully saturated rings. The smallest absolute Gasteiger partial charge is 0.407 e. The summed E-state index contributed by atoms with van der Waals surface area (Å²) in [6, 6.07) is 16.0. The lowest BCUT2D eigenvalue weighted by Crippen LogP contribution is -2.45. The molecule has 0 aromatic heterocycles. The second-order valence-corrected chi connectivity index (χ2v) is 9.84. The maximum absolute atomic E-state index is 12.6. The fourth-order valence-corrected chi connectivity index (χ4v) is 4.59. The molecule has 0 saturated heterocycles. The molecule has 1 atom stereocenters. The zero-order valence-electron chi connectivity index (χ0n) is 20.8. The number of carboxylic acids is 1. The molecule has 2 amide bonds. The molecule has 2 aromatic carbocycles. The van der Waals surface area contributed by atoms with Gasteiger partial charge in [0.1, 0.15) is 6.61 Å². The maximum Gasteiger partial charge on any atom is 0.407 e. The molecule has 0 radical (unpaired) electrons. The molecule has 3 rings (SSSR count). The van der Waals surface area contributed by atoms with Crippen molar-refractivity contribution in [3.05, 3.63) is 59.7 Å². The molecule has 0 unspecified atom stereocenters. The number of unbranched alkanes of at least 4 members (excludes halogenated alkanes) is 1. The highest BCUT2D eigenvalue weighted by Gasteiger charge is 2.30. The van der Waals surface area contributed by atoms with Crippen molar-refractivity contribution in [3.8, 4) is 11.1 Å². The number of fused-ring (bicyclic) bond motifs is 3. The Kier molecular flexibility index (Phi) is 8.90. The highest BCUT2D eigenvalue weighted by atomic mass is 16.5. The third-order valence-electron chi connectivity index (χ3n) is 6.45. The SMILES string of the molecule is CCCC[C@H](CC(=O)O)NC(=O)CCC(C)(C)NC(=O)OCC1c2ccccc2-c2ccccc21. The molecule has 35 heavy (non-hydrogen) atoms. The number of carbonyl (C=O) groups excluding carboxylic acids is 2. The first-order valence-electron chi connectivity index (χ1n) is 12.3. The van der Waals surface area contributed by atoms with Crippen LogP contribution in [0.3, 0.4) is 0 Å². The van der Waals surface area contributed by atoms with Crippen LogP contribution in [-0.2, 0) is 14.3 Å². The fraction of sp³-hybridized carbons (Fsp3) is 0.464. The van der Waals surface area contributed by atoms with E-state index in [9.17, 15) is 14.4 Å². The molecule has 0 bridgehead atoms. The lowest BCUT2D eigenvalue weighted by Gasteiger charge is -2.26. The first-order valence-corrected chi connectivity index (χ1v) is 12.3. The van der Waals surface area contributed by atoms with Gasteiger partial charge in [-0.15, -0.1) is 0 Å². The van der Waals surface area contributed by atoms with Crippen LogP contribution in [0.4, 0.5) is 4.79 Å². The summed E-state index contributed by atoms with van der Waals surface area (Å²) in [4.78, 5) is 36.1. The summed E-state index contributed by atoms with van der Waals surface area (Å²) in [5.41, 5.74) is 3.98. The van der Waals surface area contributed by atoms with Crippen LogP contribution in [0.5, 0.6) is 0 Å². The number of carboxylic acid groups (broad SMARTS) is 1. The number of benzene rings is 2. The molecule has 0 spiro atoms. The van der Waals surface area contributed by atoms with E-state index >= 15 is 0 Å². The molecule has 1 aliphatic carbocycles. The summed E-state index contributed by atoms with van der Waals surface area (Å²) in [5, 5.41) is 14.8. The van der Waals surface area contributed by atoms with Gasteiger partial charge in [-0.2, -0.15) is 0 Å². The van der Waals surface area contributed by atoms with Crippen LogP contribution < -0.4 is 10.6 Å². The third-order valence-corrected chi connectivity index (χ3v) is 6.45. The van der Waals surface area contributed by atoms with E-state index in [0.29, 0.717) is 12.8 Å². The molecule has 0 saturated carbocycles. The van der Waals surface area contributed by atoms with Crippen LogP contribution in [0, 0.1) is 0 Å². The molecule has 0 heterocycles. The monoisotopic (exact) mass is 480 g/mol. The summed E-state index contributed by atoms with van der Waals surface area (Å²) in [5.74, 6) is -1.16. The minimum atomic E-state index is -0.927. The lowest BCUT2D eigenvalue weighted by atomic mass is 9.97. The Labute approximate surface area is 207 Å². The van der Waals surface area contributed by atoms with Crippen molar-refractivity contribution >= 4 is 18.0 Å². The summed E-state index contributed by atoms with van der Waals surface area (Å²) >= 11 is 0.